The fourth-order valence-corrected chi connectivity index (χ4v) is 4.52. The first-order valence-corrected chi connectivity index (χ1v) is 10.4. The highest BCUT2D eigenvalue weighted by Gasteiger charge is 2.54. The normalized spacial score (nSPS) is 22.5. The third kappa shape index (κ3) is 5.28. The van der Waals surface area contributed by atoms with E-state index in [-0.39, 0.29) is 17.9 Å². The molecule has 1 aromatic heterocycles. The number of nitrogens with zero attached hydrogens (tertiary/aromatic N) is 2. The summed E-state index contributed by atoms with van der Waals surface area (Å²) in [6.07, 6.45) is -1.89. The van der Waals surface area contributed by atoms with Crippen molar-refractivity contribution >= 4 is 29.2 Å². The number of alkyl halides is 3. The fourth-order valence-electron chi connectivity index (χ4n) is 3.75. The highest BCUT2D eigenvalue weighted by molar-refractivity contribution is 7.09. The molecule has 8 nitrogen and oxygen atoms in total. The SMILES string of the molecule is CCC1(C2CCNCC2)NC(=O)N(CCc2scnc2C)C1=O.O=C(O)C(F)(F)F. The van der Waals surface area contributed by atoms with Crippen molar-refractivity contribution < 1.29 is 32.7 Å². The van der Waals surface area contributed by atoms with Gasteiger partial charge >= 0.3 is 18.2 Å². The zero-order valence-corrected chi connectivity index (χ0v) is 17.5. The maximum atomic E-state index is 13.0. The zero-order chi connectivity index (χ0) is 22.5. The van der Waals surface area contributed by atoms with E-state index in [1.807, 2.05) is 19.4 Å². The Hall–Kier alpha value is -2.21. The molecule has 0 bridgehead atoms. The summed E-state index contributed by atoms with van der Waals surface area (Å²) in [5.74, 6) is -2.58. The van der Waals surface area contributed by atoms with E-state index < -0.39 is 17.7 Å². The number of hydrogen-bond acceptors (Lipinski definition) is 6. The van der Waals surface area contributed by atoms with Crippen molar-refractivity contribution in [1.82, 2.24) is 20.5 Å². The molecule has 3 N–H and O–H groups in total. The van der Waals surface area contributed by atoms with Gasteiger partial charge in [0.15, 0.2) is 0 Å². The Balaban J connectivity index is 0.000000396. The summed E-state index contributed by atoms with van der Waals surface area (Å²) < 4.78 is 31.7. The third-order valence-corrected chi connectivity index (χ3v) is 6.44. The molecule has 0 radical (unpaired) electrons. The Kier molecular flexibility index (Phi) is 7.81. The number of halogens is 3. The summed E-state index contributed by atoms with van der Waals surface area (Å²) in [6, 6.07) is -0.238. The molecule has 2 aliphatic rings. The van der Waals surface area contributed by atoms with E-state index in [4.69, 9.17) is 9.90 Å². The van der Waals surface area contributed by atoms with Crippen LogP contribution in [0.5, 0.6) is 0 Å². The summed E-state index contributed by atoms with van der Waals surface area (Å²) in [5, 5.41) is 13.5. The Morgan fingerprint density at radius 3 is 2.43 bits per heavy atom. The van der Waals surface area contributed by atoms with Gasteiger partial charge in [-0.3, -0.25) is 9.69 Å². The van der Waals surface area contributed by atoms with Gasteiger partial charge in [0.2, 0.25) is 0 Å². The lowest BCUT2D eigenvalue weighted by Crippen LogP contribution is -2.55. The minimum Gasteiger partial charge on any atom is -0.475 e. The second-order valence-electron chi connectivity index (χ2n) is 7.15. The van der Waals surface area contributed by atoms with Gasteiger partial charge in [0.1, 0.15) is 5.54 Å². The van der Waals surface area contributed by atoms with E-state index in [1.165, 1.54) is 4.90 Å². The first kappa shape index (κ1) is 24.1. The Morgan fingerprint density at radius 1 is 1.37 bits per heavy atom. The van der Waals surface area contributed by atoms with Crippen molar-refractivity contribution in [3.63, 3.8) is 0 Å². The number of aryl methyl sites for hydroxylation is 1. The molecule has 1 unspecified atom stereocenters. The highest BCUT2D eigenvalue weighted by atomic mass is 32.1. The standard InChI is InChI=1S/C16H24N4O2S.C2HF3O2/c1-3-16(12-4-7-17-8-5-12)14(21)20(15(22)19-16)9-6-13-11(2)18-10-23-13;3-2(4,5)1(6)7/h10,12,17H,3-9H2,1-2H3,(H,19,22);(H,6,7). The molecule has 0 aromatic carbocycles. The van der Waals surface area contributed by atoms with Gasteiger partial charge in [0.05, 0.1) is 11.2 Å². The van der Waals surface area contributed by atoms with Gasteiger partial charge in [-0.1, -0.05) is 6.92 Å². The summed E-state index contributed by atoms with van der Waals surface area (Å²) in [5.41, 5.74) is 2.09. The Labute approximate surface area is 175 Å². The number of urea groups is 1. The van der Waals surface area contributed by atoms with Crippen LogP contribution >= 0.6 is 11.3 Å². The maximum absolute atomic E-state index is 13.0. The van der Waals surface area contributed by atoms with Crippen LogP contribution in [0.15, 0.2) is 5.51 Å². The molecule has 0 saturated carbocycles. The lowest BCUT2D eigenvalue weighted by molar-refractivity contribution is -0.192. The molecule has 30 heavy (non-hydrogen) atoms. The molecule has 2 aliphatic heterocycles. The zero-order valence-electron chi connectivity index (χ0n) is 16.7. The first-order valence-electron chi connectivity index (χ1n) is 9.56. The van der Waals surface area contributed by atoms with Crippen molar-refractivity contribution in [2.24, 2.45) is 5.92 Å². The topological polar surface area (TPSA) is 112 Å². The quantitative estimate of drug-likeness (QED) is 0.594. The van der Waals surface area contributed by atoms with Gasteiger partial charge < -0.3 is 15.7 Å². The van der Waals surface area contributed by atoms with E-state index in [0.717, 1.165) is 36.5 Å². The van der Waals surface area contributed by atoms with Crippen LogP contribution in [0.1, 0.15) is 36.8 Å². The molecule has 0 aliphatic carbocycles. The van der Waals surface area contributed by atoms with Crippen LogP contribution < -0.4 is 10.6 Å². The van der Waals surface area contributed by atoms with Crippen LogP contribution in [0, 0.1) is 12.8 Å². The van der Waals surface area contributed by atoms with Crippen LogP contribution in [0.4, 0.5) is 18.0 Å². The monoisotopic (exact) mass is 450 g/mol. The number of carboxylic acid groups (broad SMARTS) is 1. The second-order valence-corrected chi connectivity index (χ2v) is 8.09. The number of rotatable bonds is 5. The van der Waals surface area contributed by atoms with Crippen molar-refractivity contribution in [2.45, 2.75) is 51.2 Å². The molecule has 2 saturated heterocycles. The number of imide groups is 1. The number of amides is 3. The van der Waals surface area contributed by atoms with Crippen molar-refractivity contribution in [3.05, 3.63) is 16.1 Å². The number of aromatic nitrogens is 1. The van der Waals surface area contributed by atoms with Crippen molar-refractivity contribution in [2.75, 3.05) is 19.6 Å². The molecular weight excluding hydrogens is 425 g/mol. The lowest BCUT2D eigenvalue weighted by atomic mass is 9.76. The van der Waals surface area contributed by atoms with Crippen LogP contribution in [0.3, 0.4) is 0 Å². The van der Waals surface area contributed by atoms with E-state index in [1.54, 1.807) is 11.3 Å². The van der Waals surface area contributed by atoms with Gasteiger partial charge in [-0.2, -0.15) is 13.2 Å². The summed E-state index contributed by atoms with van der Waals surface area (Å²) in [6.45, 7) is 6.21. The number of carboxylic acids is 1. The summed E-state index contributed by atoms with van der Waals surface area (Å²) >= 11 is 1.58. The largest absolute Gasteiger partial charge is 0.490 e. The van der Waals surface area contributed by atoms with Crippen LogP contribution in [-0.2, 0) is 16.0 Å². The molecule has 0 spiro atoms. The predicted molar refractivity (Wildman–Crippen MR) is 103 cm³/mol. The number of hydrogen-bond donors (Lipinski definition) is 3. The van der Waals surface area contributed by atoms with E-state index in [2.05, 4.69) is 15.6 Å². The highest BCUT2D eigenvalue weighted by Crippen LogP contribution is 2.34. The van der Waals surface area contributed by atoms with Gasteiger partial charge in [0, 0.05) is 17.8 Å². The summed E-state index contributed by atoms with van der Waals surface area (Å²) in [7, 11) is 0. The molecular formula is C18H25F3N4O4S. The van der Waals surface area contributed by atoms with Gasteiger partial charge in [-0.15, -0.1) is 11.3 Å². The molecule has 3 rings (SSSR count). The van der Waals surface area contributed by atoms with E-state index in [9.17, 15) is 22.8 Å². The second kappa shape index (κ2) is 9.73. The molecule has 12 heteroatoms. The molecule has 3 heterocycles. The van der Waals surface area contributed by atoms with Crippen LogP contribution in [-0.4, -0.2) is 64.2 Å². The Morgan fingerprint density at radius 2 is 1.97 bits per heavy atom. The number of carbonyl (C=O) groups is 3. The number of carbonyl (C=O) groups excluding carboxylic acids is 2. The molecule has 3 amide bonds. The Bertz CT molecular complexity index is 780. The predicted octanol–water partition coefficient (Wildman–Crippen LogP) is 2.33. The lowest BCUT2D eigenvalue weighted by Gasteiger charge is -2.37. The third-order valence-electron chi connectivity index (χ3n) is 5.45. The number of aliphatic carboxylic acids is 1. The van der Waals surface area contributed by atoms with E-state index >= 15 is 0 Å². The van der Waals surface area contributed by atoms with Gasteiger partial charge in [-0.25, -0.2) is 14.6 Å². The molecule has 168 valence electrons. The van der Waals surface area contributed by atoms with Gasteiger partial charge in [0.25, 0.3) is 5.91 Å². The summed E-state index contributed by atoms with van der Waals surface area (Å²) in [4.78, 5) is 41.1. The molecule has 1 aromatic rings. The van der Waals surface area contributed by atoms with Crippen LogP contribution in [0.25, 0.3) is 0 Å². The number of thiazole rings is 1. The first-order chi connectivity index (χ1) is 14.0. The minimum atomic E-state index is -5.08. The average molecular weight is 450 g/mol. The average Bonchev–Trinajstić information content (AvgIpc) is 3.21. The van der Waals surface area contributed by atoms with Gasteiger partial charge in [-0.05, 0) is 45.2 Å². The number of nitrogens with one attached hydrogen (secondary N) is 2. The number of piperidine rings is 1. The minimum absolute atomic E-state index is 0.0425. The van der Waals surface area contributed by atoms with Crippen molar-refractivity contribution in [1.29, 1.82) is 0 Å². The smallest absolute Gasteiger partial charge is 0.475 e. The maximum Gasteiger partial charge on any atom is 0.490 e. The van der Waals surface area contributed by atoms with Crippen molar-refractivity contribution in [3.8, 4) is 0 Å². The molecule has 1 atom stereocenters. The molecule has 2 fully saturated rings. The van der Waals surface area contributed by atoms with Crippen LogP contribution in [0.2, 0.25) is 0 Å². The fraction of sp³-hybridized carbons (Fsp3) is 0.667. The van der Waals surface area contributed by atoms with E-state index in [0.29, 0.717) is 19.4 Å².